The van der Waals surface area contributed by atoms with Crippen LogP contribution in [0, 0.1) is 0 Å². The number of nitrogens with zero attached hydrogens (tertiary/aromatic N) is 2. The number of carbonyl (C=O) groups is 2. The topological polar surface area (TPSA) is 99.2 Å². The van der Waals surface area contributed by atoms with Crippen LogP contribution in [0.4, 0.5) is 5.82 Å². The molecule has 2 aromatic carbocycles. The van der Waals surface area contributed by atoms with E-state index in [1.54, 1.807) is 24.3 Å². The van der Waals surface area contributed by atoms with Crippen LogP contribution in [-0.2, 0) is 17.7 Å². The van der Waals surface area contributed by atoms with Crippen LogP contribution in [0.1, 0.15) is 38.8 Å². The summed E-state index contributed by atoms with van der Waals surface area (Å²) in [5.41, 5.74) is 9.62. The van der Waals surface area contributed by atoms with Gasteiger partial charge in [-0.25, -0.2) is 9.48 Å². The predicted octanol–water partition coefficient (Wildman–Crippen LogP) is 2.73. The Kier molecular flexibility index (Phi) is 5.74. The molecule has 0 aliphatic rings. The second-order valence-corrected chi connectivity index (χ2v) is 6.25. The molecule has 3 rings (SSSR count). The first kappa shape index (κ1) is 19.2. The molecule has 144 valence electrons. The molecule has 0 bridgehead atoms. The smallest absolute Gasteiger partial charge is 0.343 e. The summed E-state index contributed by atoms with van der Waals surface area (Å²) in [4.78, 5) is 24.0. The van der Waals surface area contributed by atoms with Crippen molar-refractivity contribution in [2.75, 3.05) is 12.8 Å². The zero-order valence-electron chi connectivity index (χ0n) is 15.8. The van der Waals surface area contributed by atoms with Gasteiger partial charge in [-0.15, -0.1) is 0 Å². The monoisotopic (exact) mass is 378 g/mol. The third kappa shape index (κ3) is 4.03. The van der Waals surface area contributed by atoms with Crippen molar-refractivity contribution in [3.8, 4) is 5.69 Å². The lowest BCUT2D eigenvalue weighted by Gasteiger charge is -2.08. The van der Waals surface area contributed by atoms with E-state index in [-0.39, 0.29) is 17.3 Å². The lowest BCUT2D eigenvalue weighted by Crippen LogP contribution is -2.22. The van der Waals surface area contributed by atoms with E-state index in [9.17, 15) is 9.59 Å². The van der Waals surface area contributed by atoms with Gasteiger partial charge in [-0.1, -0.05) is 31.2 Å². The summed E-state index contributed by atoms with van der Waals surface area (Å²) in [6.07, 6.45) is 2.34. The third-order valence-electron chi connectivity index (χ3n) is 4.47. The quantitative estimate of drug-likeness (QED) is 0.643. The Morgan fingerprint density at radius 1 is 1.07 bits per heavy atom. The average Bonchev–Trinajstić information content (AvgIpc) is 3.13. The molecule has 0 unspecified atom stereocenters. The van der Waals surface area contributed by atoms with Crippen molar-refractivity contribution >= 4 is 17.7 Å². The number of nitrogens with one attached hydrogen (secondary N) is 1. The Labute approximate surface area is 163 Å². The van der Waals surface area contributed by atoms with Crippen molar-refractivity contribution < 1.29 is 14.3 Å². The van der Waals surface area contributed by atoms with Crippen LogP contribution in [0.5, 0.6) is 0 Å². The van der Waals surface area contributed by atoms with Crippen molar-refractivity contribution in [3.05, 3.63) is 77.0 Å². The molecule has 0 aliphatic carbocycles. The number of aromatic nitrogens is 2. The van der Waals surface area contributed by atoms with Gasteiger partial charge in [0.15, 0.2) is 0 Å². The number of benzene rings is 2. The molecule has 0 saturated heterocycles. The molecule has 1 amide bonds. The Hall–Kier alpha value is -3.61. The molecule has 3 aromatic rings. The van der Waals surface area contributed by atoms with Crippen molar-refractivity contribution in [2.24, 2.45) is 0 Å². The number of methoxy groups -OCH3 is 1. The van der Waals surface area contributed by atoms with Gasteiger partial charge in [0.05, 0.1) is 19.0 Å². The van der Waals surface area contributed by atoms with Crippen molar-refractivity contribution in [3.63, 3.8) is 0 Å². The number of nitrogen functional groups attached to an aromatic ring is 1. The van der Waals surface area contributed by atoms with Gasteiger partial charge < -0.3 is 15.8 Å². The van der Waals surface area contributed by atoms with E-state index in [0.29, 0.717) is 17.8 Å². The van der Waals surface area contributed by atoms with Crippen LogP contribution in [-0.4, -0.2) is 28.8 Å². The third-order valence-corrected chi connectivity index (χ3v) is 4.47. The standard InChI is InChI=1S/C21H22N4O3/c1-3-14-4-6-15(7-5-14)12-23-20(26)16-8-10-17(11-9-16)25-19(22)18(13-24-25)21(27)28-2/h4-11,13H,3,12,22H2,1-2H3,(H,23,26). The van der Waals surface area contributed by atoms with Crippen LogP contribution >= 0.6 is 0 Å². The van der Waals surface area contributed by atoms with Crippen LogP contribution in [0.3, 0.4) is 0 Å². The molecule has 7 nitrogen and oxygen atoms in total. The van der Waals surface area contributed by atoms with Gasteiger partial charge in [0, 0.05) is 12.1 Å². The average molecular weight is 378 g/mol. The number of esters is 1. The van der Waals surface area contributed by atoms with Gasteiger partial charge in [0.25, 0.3) is 5.91 Å². The van der Waals surface area contributed by atoms with E-state index >= 15 is 0 Å². The molecule has 1 heterocycles. The van der Waals surface area contributed by atoms with E-state index in [1.807, 2.05) is 12.1 Å². The van der Waals surface area contributed by atoms with Gasteiger partial charge in [-0.2, -0.15) is 5.10 Å². The molecular weight excluding hydrogens is 356 g/mol. The summed E-state index contributed by atoms with van der Waals surface area (Å²) < 4.78 is 6.09. The molecule has 28 heavy (non-hydrogen) atoms. The predicted molar refractivity (Wildman–Crippen MR) is 106 cm³/mol. The van der Waals surface area contributed by atoms with Crippen molar-refractivity contribution in [1.82, 2.24) is 15.1 Å². The first-order valence-electron chi connectivity index (χ1n) is 8.91. The number of ether oxygens (including phenoxy) is 1. The van der Waals surface area contributed by atoms with Gasteiger partial charge in [-0.3, -0.25) is 4.79 Å². The molecule has 0 fully saturated rings. The zero-order valence-corrected chi connectivity index (χ0v) is 15.8. The number of anilines is 1. The van der Waals surface area contributed by atoms with Gasteiger partial charge in [0.1, 0.15) is 11.4 Å². The molecule has 7 heteroatoms. The Bertz CT molecular complexity index is 976. The summed E-state index contributed by atoms with van der Waals surface area (Å²) in [5.74, 6) is -0.541. The molecule has 0 aliphatic heterocycles. The van der Waals surface area contributed by atoms with Crippen LogP contribution in [0.25, 0.3) is 5.69 Å². The number of carbonyl (C=O) groups excluding carboxylic acids is 2. The van der Waals surface area contributed by atoms with Crippen molar-refractivity contribution in [2.45, 2.75) is 19.9 Å². The fourth-order valence-corrected chi connectivity index (χ4v) is 2.76. The molecule has 1 aromatic heterocycles. The van der Waals surface area contributed by atoms with Crippen LogP contribution in [0.15, 0.2) is 54.7 Å². The largest absolute Gasteiger partial charge is 0.465 e. The van der Waals surface area contributed by atoms with E-state index < -0.39 is 5.97 Å². The Morgan fingerprint density at radius 3 is 2.32 bits per heavy atom. The van der Waals surface area contributed by atoms with Gasteiger partial charge in [0.2, 0.25) is 0 Å². The second-order valence-electron chi connectivity index (χ2n) is 6.25. The molecule has 0 atom stereocenters. The first-order valence-corrected chi connectivity index (χ1v) is 8.91. The van der Waals surface area contributed by atoms with Gasteiger partial charge >= 0.3 is 5.97 Å². The summed E-state index contributed by atoms with van der Waals surface area (Å²) in [7, 11) is 1.28. The van der Waals surface area contributed by atoms with E-state index in [4.69, 9.17) is 5.73 Å². The highest BCUT2D eigenvalue weighted by Gasteiger charge is 2.16. The van der Waals surface area contributed by atoms with E-state index in [2.05, 4.69) is 34.2 Å². The highest BCUT2D eigenvalue weighted by Crippen LogP contribution is 2.18. The summed E-state index contributed by atoms with van der Waals surface area (Å²) in [6.45, 7) is 2.56. The van der Waals surface area contributed by atoms with Crippen molar-refractivity contribution in [1.29, 1.82) is 0 Å². The zero-order chi connectivity index (χ0) is 20.1. The summed E-state index contributed by atoms with van der Waals surface area (Å²) in [6, 6.07) is 15.0. The minimum absolute atomic E-state index is 0.171. The van der Waals surface area contributed by atoms with E-state index in [1.165, 1.54) is 23.6 Å². The first-order chi connectivity index (χ1) is 13.5. The summed E-state index contributed by atoms with van der Waals surface area (Å²) in [5, 5.41) is 7.01. The Morgan fingerprint density at radius 2 is 1.71 bits per heavy atom. The molecule has 3 N–H and O–H groups in total. The summed E-state index contributed by atoms with van der Waals surface area (Å²) >= 11 is 0. The number of nitrogens with two attached hydrogens (primary N) is 1. The second kappa shape index (κ2) is 8.39. The Balaban J connectivity index is 1.67. The van der Waals surface area contributed by atoms with Crippen LogP contribution < -0.4 is 11.1 Å². The lowest BCUT2D eigenvalue weighted by atomic mass is 10.1. The number of hydrogen-bond acceptors (Lipinski definition) is 5. The molecular formula is C21H22N4O3. The molecule has 0 saturated carbocycles. The highest BCUT2D eigenvalue weighted by molar-refractivity contribution is 5.95. The lowest BCUT2D eigenvalue weighted by molar-refractivity contribution is 0.0601. The normalized spacial score (nSPS) is 10.5. The maximum absolute atomic E-state index is 12.4. The number of amides is 1. The molecule has 0 spiro atoms. The minimum atomic E-state index is -0.549. The number of aryl methyl sites for hydroxylation is 1. The van der Waals surface area contributed by atoms with Gasteiger partial charge in [-0.05, 0) is 41.8 Å². The minimum Gasteiger partial charge on any atom is -0.465 e. The fourth-order valence-electron chi connectivity index (χ4n) is 2.76. The number of hydrogen-bond donors (Lipinski definition) is 2. The maximum Gasteiger partial charge on any atom is 0.343 e. The van der Waals surface area contributed by atoms with E-state index in [0.717, 1.165) is 12.0 Å². The fraction of sp³-hybridized carbons (Fsp3) is 0.190. The molecule has 0 radical (unpaired) electrons. The SMILES string of the molecule is CCc1ccc(CNC(=O)c2ccc(-n3ncc(C(=O)OC)c3N)cc2)cc1. The van der Waals surface area contributed by atoms with Crippen LogP contribution in [0.2, 0.25) is 0 Å². The maximum atomic E-state index is 12.4. The number of rotatable bonds is 6. The highest BCUT2D eigenvalue weighted by atomic mass is 16.5.